The van der Waals surface area contributed by atoms with Gasteiger partial charge >= 0.3 is 11.9 Å². The summed E-state index contributed by atoms with van der Waals surface area (Å²) >= 11 is 0. The third-order valence-corrected chi connectivity index (χ3v) is 5.30. The molecule has 0 bridgehead atoms. The fraction of sp³-hybridized carbons (Fsp3) is 0.185. The number of nitrogens with one attached hydrogen (secondary N) is 1. The lowest BCUT2D eigenvalue weighted by molar-refractivity contribution is -0.119. The van der Waals surface area contributed by atoms with E-state index >= 15 is 0 Å². The Labute approximate surface area is 197 Å². The van der Waals surface area contributed by atoms with Gasteiger partial charge in [-0.15, -0.1) is 0 Å². The number of hydrogen-bond donors (Lipinski definition) is 1. The van der Waals surface area contributed by atoms with E-state index in [4.69, 9.17) is 9.47 Å². The Hall–Kier alpha value is -4.26. The van der Waals surface area contributed by atoms with Gasteiger partial charge in [0.05, 0.1) is 18.2 Å². The minimum atomic E-state index is -0.788. The molecule has 7 nitrogen and oxygen atoms in total. The standard InChI is InChI=1S/C27H25NO6/c1-16-9-10-17(2)22(13-16)25(30)20-7-5-6-8-21(20)27(32)34-15-24(29)28-23-14-19(26(31)33-4)12-11-18(23)3/h5-14H,15H2,1-4H3,(H,28,29). The lowest BCUT2D eigenvalue weighted by Gasteiger charge is -2.12. The van der Waals surface area contributed by atoms with Gasteiger partial charge in [0.25, 0.3) is 5.91 Å². The summed E-state index contributed by atoms with van der Waals surface area (Å²) in [6.45, 7) is 4.91. The van der Waals surface area contributed by atoms with Crippen molar-refractivity contribution in [1.29, 1.82) is 0 Å². The van der Waals surface area contributed by atoms with E-state index in [0.29, 0.717) is 11.3 Å². The number of rotatable bonds is 7. The van der Waals surface area contributed by atoms with Crippen molar-refractivity contribution in [2.45, 2.75) is 20.8 Å². The molecule has 0 fully saturated rings. The Morgan fingerprint density at radius 2 is 1.44 bits per heavy atom. The van der Waals surface area contributed by atoms with Crippen LogP contribution < -0.4 is 5.32 Å². The zero-order chi connectivity index (χ0) is 24.8. The second-order valence-electron chi connectivity index (χ2n) is 7.84. The number of ether oxygens (including phenoxy) is 2. The Morgan fingerprint density at radius 1 is 0.765 bits per heavy atom. The van der Waals surface area contributed by atoms with Crippen LogP contribution in [-0.4, -0.2) is 37.3 Å². The number of esters is 2. The summed E-state index contributed by atoms with van der Waals surface area (Å²) in [6, 6.07) is 16.6. The Balaban J connectivity index is 1.73. The van der Waals surface area contributed by atoms with E-state index in [-0.39, 0.29) is 22.5 Å². The average Bonchev–Trinajstić information content (AvgIpc) is 2.84. The highest BCUT2D eigenvalue weighted by Crippen LogP contribution is 2.20. The highest BCUT2D eigenvalue weighted by atomic mass is 16.5. The molecule has 1 N–H and O–H groups in total. The zero-order valence-corrected chi connectivity index (χ0v) is 19.4. The van der Waals surface area contributed by atoms with Gasteiger partial charge in [0, 0.05) is 16.8 Å². The highest BCUT2D eigenvalue weighted by molar-refractivity contribution is 6.15. The minimum absolute atomic E-state index is 0.0741. The summed E-state index contributed by atoms with van der Waals surface area (Å²) in [4.78, 5) is 50.0. The molecule has 0 heterocycles. The molecule has 7 heteroatoms. The van der Waals surface area contributed by atoms with Gasteiger partial charge in [-0.1, -0.05) is 42.0 Å². The van der Waals surface area contributed by atoms with Gasteiger partial charge in [0.1, 0.15) is 0 Å². The Kier molecular flexibility index (Phi) is 7.58. The quantitative estimate of drug-likeness (QED) is 0.415. The van der Waals surface area contributed by atoms with E-state index in [1.54, 1.807) is 43.3 Å². The fourth-order valence-corrected chi connectivity index (χ4v) is 3.38. The van der Waals surface area contributed by atoms with Crippen LogP contribution in [0.2, 0.25) is 0 Å². The molecule has 0 aliphatic rings. The largest absolute Gasteiger partial charge is 0.465 e. The predicted molar refractivity (Wildman–Crippen MR) is 127 cm³/mol. The lowest BCUT2D eigenvalue weighted by atomic mass is 9.94. The second kappa shape index (κ2) is 10.6. The van der Waals surface area contributed by atoms with E-state index in [2.05, 4.69) is 5.32 Å². The molecule has 0 atom stereocenters. The Bertz CT molecular complexity index is 1280. The smallest absolute Gasteiger partial charge is 0.339 e. The maximum Gasteiger partial charge on any atom is 0.339 e. The molecule has 0 aromatic heterocycles. The monoisotopic (exact) mass is 459 g/mol. The molecule has 0 aliphatic carbocycles. The van der Waals surface area contributed by atoms with Gasteiger partial charge in [-0.2, -0.15) is 0 Å². The number of benzene rings is 3. The SMILES string of the molecule is COC(=O)c1ccc(C)c(NC(=O)COC(=O)c2ccccc2C(=O)c2cc(C)ccc2C)c1. The predicted octanol–water partition coefficient (Wildman–Crippen LogP) is 4.42. The van der Waals surface area contributed by atoms with Crippen molar-refractivity contribution in [2.75, 3.05) is 19.0 Å². The van der Waals surface area contributed by atoms with E-state index in [9.17, 15) is 19.2 Å². The maximum absolute atomic E-state index is 13.1. The van der Waals surface area contributed by atoms with E-state index in [1.807, 2.05) is 26.0 Å². The van der Waals surface area contributed by atoms with Crippen LogP contribution in [0.5, 0.6) is 0 Å². The number of hydrogen-bond acceptors (Lipinski definition) is 6. The summed E-state index contributed by atoms with van der Waals surface area (Å²) < 4.78 is 9.88. The fourth-order valence-electron chi connectivity index (χ4n) is 3.38. The first-order chi connectivity index (χ1) is 16.2. The minimum Gasteiger partial charge on any atom is -0.465 e. The van der Waals surface area contributed by atoms with Gasteiger partial charge in [-0.05, 0) is 56.2 Å². The molecular weight excluding hydrogens is 434 g/mol. The molecule has 174 valence electrons. The summed E-state index contributed by atoms with van der Waals surface area (Å²) in [5, 5.41) is 2.62. The van der Waals surface area contributed by atoms with Crippen LogP contribution in [0.3, 0.4) is 0 Å². The number of carbonyl (C=O) groups excluding carboxylic acids is 4. The van der Waals surface area contributed by atoms with Gasteiger partial charge in [-0.25, -0.2) is 9.59 Å². The van der Waals surface area contributed by atoms with Crippen molar-refractivity contribution >= 4 is 29.3 Å². The summed E-state index contributed by atoms with van der Waals surface area (Å²) in [5.74, 6) is -2.21. The van der Waals surface area contributed by atoms with Crippen LogP contribution in [0.15, 0.2) is 60.7 Å². The van der Waals surface area contributed by atoms with Crippen molar-refractivity contribution in [3.05, 3.63) is 99.6 Å². The molecule has 3 aromatic rings. The molecular formula is C27H25NO6. The normalized spacial score (nSPS) is 10.4. The molecule has 3 aromatic carbocycles. The molecule has 0 saturated heterocycles. The van der Waals surface area contributed by atoms with Crippen LogP contribution in [0.25, 0.3) is 0 Å². The molecule has 34 heavy (non-hydrogen) atoms. The van der Waals surface area contributed by atoms with Crippen molar-refractivity contribution in [3.63, 3.8) is 0 Å². The number of carbonyl (C=O) groups is 4. The summed E-state index contributed by atoms with van der Waals surface area (Å²) in [7, 11) is 1.27. The number of amides is 1. The second-order valence-corrected chi connectivity index (χ2v) is 7.84. The third-order valence-electron chi connectivity index (χ3n) is 5.30. The first kappa shape index (κ1) is 24.4. The number of aryl methyl sites for hydroxylation is 3. The maximum atomic E-state index is 13.1. The van der Waals surface area contributed by atoms with Gasteiger partial charge in [-0.3, -0.25) is 9.59 Å². The molecule has 3 rings (SSSR count). The molecule has 0 unspecified atom stereocenters. The first-order valence-corrected chi connectivity index (χ1v) is 10.6. The number of anilines is 1. The molecule has 0 aliphatic heterocycles. The molecule has 0 saturated carbocycles. The first-order valence-electron chi connectivity index (χ1n) is 10.6. The molecule has 0 radical (unpaired) electrons. The van der Waals surface area contributed by atoms with Crippen molar-refractivity contribution in [2.24, 2.45) is 0 Å². The van der Waals surface area contributed by atoms with Crippen LogP contribution in [0.1, 0.15) is 53.3 Å². The average molecular weight is 459 g/mol. The van der Waals surface area contributed by atoms with E-state index < -0.39 is 24.5 Å². The van der Waals surface area contributed by atoms with Gasteiger partial charge in [0.15, 0.2) is 12.4 Å². The Morgan fingerprint density at radius 3 is 2.15 bits per heavy atom. The van der Waals surface area contributed by atoms with Crippen molar-refractivity contribution in [1.82, 2.24) is 0 Å². The van der Waals surface area contributed by atoms with Crippen LogP contribution in [0.4, 0.5) is 5.69 Å². The molecule has 1 amide bonds. The van der Waals surface area contributed by atoms with Crippen molar-refractivity contribution in [3.8, 4) is 0 Å². The topological polar surface area (TPSA) is 98.8 Å². The van der Waals surface area contributed by atoms with Gasteiger partial charge in [0.2, 0.25) is 0 Å². The van der Waals surface area contributed by atoms with Gasteiger partial charge < -0.3 is 14.8 Å². The number of methoxy groups -OCH3 is 1. The zero-order valence-electron chi connectivity index (χ0n) is 19.4. The van der Waals surface area contributed by atoms with Crippen molar-refractivity contribution < 1.29 is 28.7 Å². The molecule has 0 spiro atoms. The lowest BCUT2D eigenvalue weighted by Crippen LogP contribution is -2.22. The van der Waals surface area contributed by atoms with E-state index in [1.165, 1.54) is 19.2 Å². The summed E-state index contributed by atoms with van der Waals surface area (Å²) in [5.41, 5.74) is 3.89. The highest BCUT2D eigenvalue weighted by Gasteiger charge is 2.21. The number of ketones is 1. The van der Waals surface area contributed by atoms with Crippen LogP contribution >= 0.6 is 0 Å². The summed E-state index contributed by atoms with van der Waals surface area (Å²) in [6.07, 6.45) is 0. The van der Waals surface area contributed by atoms with Crippen LogP contribution in [-0.2, 0) is 14.3 Å². The van der Waals surface area contributed by atoms with Crippen LogP contribution in [0, 0.1) is 20.8 Å². The van der Waals surface area contributed by atoms with E-state index in [0.717, 1.165) is 16.7 Å². The third kappa shape index (κ3) is 5.56.